The summed E-state index contributed by atoms with van der Waals surface area (Å²) in [4.78, 5) is 28.1. The molecule has 2 saturated carbocycles. The zero-order valence-electron chi connectivity index (χ0n) is 20.8. The van der Waals surface area contributed by atoms with Gasteiger partial charge in [0.2, 0.25) is 0 Å². The molecule has 0 spiro atoms. The van der Waals surface area contributed by atoms with Gasteiger partial charge in [-0.2, -0.15) is 0 Å². The van der Waals surface area contributed by atoms with Crippen LogP contribution in [0.2, 0.25) is 0 Å². The highest BCUT2D eigenvalue weighted by atomic mass is 16.3. The lowest BCUT2D eigenvalue weighted by Gasteiger charge is -2.35. The number of nitrogens with zero attached hydrogens (tertiary/aromatic N) is 5. The first-order chi connectivity index (χ1) is 16.9. The number of benzene rings is 1. The molecule has 0 amide bonds. The molecule has 0 unspecified atom stereocenters. The van der Waals surface area contributed by atoms with Gasteiger partial charge in [-0.3, -0.25) is 9.36 Å². The zero-order valence-corrected chi connectivity index (χ0v) is 20.8. The summed E-state index contributed by atoms with van der Waals surface area (Å²) in [6.07, 6.45) is 7.00. The van der Waals surface area contributed by atoms with Crippen molar-refractivity contribution < 1.29 is 5.11 Å². The van der Waals surface area contributed by atoms with Crippen LogP contribution in [0, 0.1) is 5.92 Å². The summed E-state index contributed by atoms with van der Waals surface area (Å²) in [5.41, 5.74) is 1.16. The van der Waals surface area contributed by atoms with Crippen LogP contribution in [0.15, 0.2) is 29.3 Å². The third-order valence-electron chi connectivity index (χ3n) is 8.30. The van der Waals surface area contributed by atoms with E-state index >= 15 is 0 Å². The molecule has 1 saturated heterocycles. The molecule has 186 valence electrons. The minimum Gasteiger partial charge on any atom is -0.390 e. The fraction of sp³-hybridized carbons (Fsp3) is 0.593. The van der Waals surface area contributed by atoms with Crippen molar-refractivity contribution in [2.24, 2.45) is 5.92 Å². The Bertz CT molecular complexity index is 1300. The second-order valence-corrected chi connectivity index (χ2v) is 11.2. The quantitative estimate of drug-likeness (QED) is 0.546. The van der Waals surface area contributed by atoms with E-state index in [9.17, 15) is 9.90 Å². The molecule has 3 fully saturated rings. The highest BCUT2D eigenvalue weighted by Crippen LogP contribution is 2.38. The molecule has 0 radical (unpaired) electrons. The maximum absolute atomic E-state index is 14.1. The van der Waals surface area contributed by atoms with Gasteiger partial charge in [0, 0.05) is 49.8 Å². The number of hydrogen-bond donors (Lipinski definition) is 2. The molecule has 35 heavy (non-hydrogen) atoms. The number of hydrogen-bond acceptors (Lipinski definition) is 7. The number of piperazine rings is 1. The van der Waals surface area contributed by atoms with E-state index in [2.05, 4.69) is 50.3 Å². The van der Waals surface area contributed by atoms with Crippen molar-refractivity contribution in [2.45, 2.75) is 57.1 Å². The summed E-state index contributed by atoms with van der Waals surface area (Å²) in [6.45, 7) is 6.75. The Balaban J connectivity index is 1.51. The minimum atomic E-state index is -0.659. The SMILES string of the molecule is CN1CCN(c2ccc3c(c2)c(=O)n(C2CCC(C)(O)CC2)c2ncnc(NCC4CC4)c32)CC1. The van der Waals surface area contributed by atoms with Crippen molar-refractivity contribution in [3.8, 4) is 0 Å². The smallest absolute Gasteiger partial charge is 0.260 e. The summed E-state index contributed by atoms with van der Waals surface area (Å²) in [5.74, 6) is 1.53. The summed E-state index contributed by atoms with van der Waals surface area (Å²) in [7, 11) is 2.15. The second kappa shape index (κ2) is 8.75. The van der Waals surface area contributed by atoms with E-state index in [4.69, 9.17) is 0 Å². The molecule has 6 rings (SSSR count). The summed E-state index contributed by atoms with van der Waals surface area (Å²) in [5, 5.41) is 16.7. The van der Waals surface area contributed by atoms with E-state index in [-0.39, 0.29) is 11.6 Å². The number of anilines is 2. The number of likely N-dealkylation sites (N-methyl/N-ethyl adjacent to an activating group) is 1. The van der Waals surface area contributed by atoms with Crippen LogP contribution >= 0.6 is 0 Å². The summed E-state index contributed by atoms with van der Waals surface area (Å²) < 4.78 is 1.91. The zero-order chi connectivity index (χ0) is 24.2. The van der Waals surface area contributed by atoms with Crippen molar-refractivity contribution in [1.82, 2.24) is 19.4 Å². The minimum absolute atomic E-state index is 0.0156. The van der Waals surface area contributed by atoms with Crippen LogP contribution in [0.3, 0.4) is 0 Å². The molecule has 8 heteroatoms. The molecule has 2 N–H and O–H groups in total. The molecule has 2 aliphatic carbocycles. The molecular formula is C27H36N6O2. The van der Waals surface area contributed by atoms with Gasteiger partial charge in [0.1, 0.15) is 17.8 Å². The lowest BCUT2D eigenvalue weighted by Crippen LogP contribution is -2.44. The molecule has 8 nitrogen and oxygen atoms in total. The first kappa shape index (κ1) is 22.7. The van der Waals surface area contributed by atoms with E-state index in [1.165, 1.54) is 12.8 Å². The first-order valence-corrected chi connectivity index (χ1v) is 13.1. The molecular weight excluding hydrogens is 440 g/mol. The van der Waals surface area contributed by atoms with Crippen LogP contribution in [0.4, 0.5) is 11.5 Å². The summed E-state index contributed by atoms with van der Waals surface area (Å²) >= 11 is 0. The predicted octanol–water partition coefficient (Wildman–Crippen LogP) is 3.38. The Hall–Kier alpha value is -2.71. The van der Waals surface area contributed by atoms with Crippen LogP contribution in [0.25, 0.3) is 21.8 Å². The number of aromatic nitrogens is 3. The van der Waals surface area contributed by atoms with Gasteiger partial charge in [-0.15, -0.1) is 0 Å². The molecule has 0 atom stereocenters. The highest BCUT2D eigenvalue weighted by Gasteiger charge is 2.32. The number of aliphatic hydroxyl groups is 1. The van der Waals surface area contributed by atoms with Gasteiger partial charge in [0.15, 0.2) is 0 Å². The number of fused-ring (bicyclic) bond motifs is 3. The van der Waals surface area contributed by atoms with Gasteiger partial charge in [-0.05, 0) is 70.5 Å². The molecule has 1 aromatic carbocycles. The first-order valence-electron chi connectivity index (χ1n) is 13.1. The number of pyridine rings is 1. The van der Waals surface area contributed by atoms with Crippen molar-refractivity contribution >= 4 is 33.3 Å². The molecule has 1 aliphatic heterocycles. The highest BCUT2D eigenvalue weighted by molar-refractivity contribution is 6.10. The van der Waals surface area contributed by atoms with Gasteiger partial charge < -0.3 is 20.2 Å². The third-order valence-corrected chi connectivity index (χ3v) is 8.30. The Labute approximate surface area is 206 Å². The van der Waals surface area contributed by atoms with E-state index in [0.29, 0.717) is 24.4 Å². The van der Waals surface area contributed by atoms with Crippen LogP contribution < -0.4 is 15.8 Å². The third kappa shape index (κ3) is 4.38. The van der Waals surface area contributed by atoms with Gasteiger partial charge >= 0.3 is 0 Å². The average Bonchev–Trinajstić information content (AvgIpc) is 3.68. The topological polar surface area (TPSA) is 86.5 Å². The Morgan fingerprint density at radius 2 is 1.80 bits per heavy atom. The van der Waals surface area contributed by atoms with Crippen LogP contribution in [-0.4, -0.2) is 69.9 Å². The number of nitrogens with one attached hydrogen (secondary N) is 1. The molecule has 0 bridgehead atoms. The molecule has 2 aromatic heterocycles. The average molecular weight is 477 g/mol. The van der Waals surface area contributed by atoms with Gasteiger partial charge in [0.05, 0.1) is 16.4 Å². The van der Waals surface area contributed by atoms with E-state index in [1.54, 1.807) is 6.33 Å². The predicted molar refractivity (Wildman–Crippen MR) is 140 cm³/mol. The van der Waals surface area contributed by atoms with Crippen LogP contribution in [0.5, 0.6) is 0 Å². The van der Waals surface area contributed by atoms with Crippen molar-refractivity contribution in [3.05, 3.63) is 34.9 Å². The van der Waals surface area contributed by atoms with E-state index < -0.39 is 5.60 Å². The lowest BCUT2D eigenvalue weighted by atomic mass is 9.83. The molecule has 3 aliphatic rings. The van der Waals surface area contributed by atoms with Crippen LogP contribution in [-0.2, 0) is 0 Å². The van der Waals surface area contributed by atoms with Crippen molar-refractivity contribution in [2.75, 3.05) is 50.0 Å². The largest absolute Gasteiger partial charge is 0.390 e. The normalized spacial score (nSPS) is 25.9. The van der Waals surface area contributed by atoms with Crippen LogP contribution in [0.1, 0.15) is 51.5 Å². The van der Waals surface area contributed by atoms with Gasteiger partial charge in [0.25, 0.3) is 5.56 Å². The van der Waals surface area contributed by atoms with Gasteiger partial charge in [-0.25, -0.2) is 9.97 Å². The maximum Gasteiger partial charge on any atom is 0.260 e. The Kier molecular flexibility index (Phi) is 5.68. The lowest BCUT2D eigenvalue weighted by molar-refractivity contribution is 0.0100. The van der Waals surface area contributed by atoms with E-state index in [1.807, 2.05) is 11.5 Å². The monoisotopic (exact) mass is 476 g/mol. The standard InChI is InChI=1S/C27H36N6O2/c1-27(35)9-7-19(8-10-27)33-25-23(24(29-17-30-25)28-16-18-3-4-18)21-6-5-20(15-22(21)26(33)34)32-13-11-31(2)12-14-32/h5-6,15,17-19,35H,3-4,7-14,16H2,1-2H3,(H,28,29,30). The molecule has 3 aromatic rings. The second-order valence-electron chi connectivity index (χ2n) is 11.2. The summed E-state index contributed by atoms with van der Waals surface area (Å²) in [6, 6.07) is 6.34. The Morgan fingerprint density at radius 3 is 2.51 bits per heavy atom. The fourth-order valence-corrected chi connectivity index (χ4v) is 5.74. The Morgan fingerprint density at radius 1 is 1.06 bits per heavy atom. The fourth-order valence-electron chi connectivity index (χ4n) is 5.74. The van der Waals surface area contributed by atoms with Gasteiger partial charge in [-0.1, -0.05) is 6.07 Å². The van der Waals surface area contributed by atoms with Crippen molar-refractivity contribution in [3.63, 3.8) is 0 Å². The van der Waals surface area contributed by atoms with E-state index in [0.717, 1.165) is 73.2 Å². The number of rotatable bonds is 5. The molecule has 3 heterocycles. The maximum atomic E-state index is 14.1. The van der Waals surface area contributed by atoms with Crippen molar-refractivity contribution in [1.29, 1.82) is 0 Å².